The Labute approximate surface area is 220 Å². The van der Waals surface area contributed by atoms with Crippen LogP contribution in [0.4, 0.5) is 18.9 Å². The number of fused-ring (bicyclic) bond motifs is 1. The van der Waals surface area contributed by atoms with Crippen LogP contribution in [-0.4, -0.2) is 38.9 Å². The molecule has 0 aliphatic heterocycles. The van der Waals surface area contributed by atoms with Gasteiger partial charge in [-0.05, 0) is 54.6 Å². The predicted octanol–water partition coefficient (Wildman–Crippen LogP) is 4.40. The molecule has 4 aromatic rings. The zero-order chi connectivity index (χ0) is 28.2. The van der Waals surface area contributed by atoms with Gasteiger partial charge in [-0.3, -0.25) is 14.6 Å². The van der Waals surface area contributed by atoms with Crippen LogP contribution in [-0.2, 0) is 21.0 Å². The Kier molecular flexibility index (Phi) is 7.72. The van der Waals surface area contributed by atoms with Gasteiger partial charge in [-0.2, -0.15) is 13.2 Å². The molecule has 13 heteroatoms. The number of para-hydroxylation sites is 2. The lowest BCUT2D eigenvalue weighted by Gasteiger charge is -2.13. The quantitative estimate of drug-likeness (QED) is 0.328. The van der Waals surface area contributed by atoms with Crippen molar-refractivity contribution in [3.05, 3.63) is 90.1 Å². The topological polar surface area (TPSA) is 124 Å². The van der Waals surface area contributed by atoms with Gasteiger partial charge in [0.2, 0.25) is 0 Å². The van der Waals surface area contributed by atoms with E-state index in [1.54, 1.807) is 12.1 Å². The summed E-state index contributed by atoms with van der Waals surface area (Å²) >= 11 is 0. The summed E-state index contributed by atoms with van der Waals surface area (Å²) in [5.41, 5.74) is -0.983. The number of alkyl halides is 3. The van der Waals surface area contributed by atoms with E-state index in [0.29, 0.717) is 0 Å². The lowest BCUT2D eigenvalue weighted by molar-refractivity contribution is -0.136. The molecule has 4 rings (SSSR count). The number of hydrogen-bond donors (Lipinski definition) is 2. The minimum absolute atomic E-state index is 0.0315. The van der Waals surface area contributed by atoms with Gasteiger partial charge < -0.3 is 14.8 Å². The maximum absolute atomic E-state index is 13.3. The average molecular weight is 560 g/mol. The summed E-state index contributed by atoms with van der Waals surface area (Å²) in [4.78, 5) is 28.4. The molecule has 1 aromatic heterocycles. The van der Waals surface area contributed by atoms with Crippen molar-refractivity contribution >= 4 is 38.4 Å². The monoisotopic (exact) mass is 559 g/mol. The van der Waals surface area contributed by atoms with E-state index < -0.39 is 40.2 Å². The van der Waals surface area contributed by atoms with Crippen molar-refractivity contribution in [2.24, 2.45) is 0 Å². The Morgan fingerprint density at radius 1 is 0.923 bits per heavy atom. The van der Waals surface area contributed by atoms with Gasteiger partial charge in [0.05, 0.1) is 28.6 Å². The maximum atomic E-state index is 13.3. The van der Waals surface area contributed by atoms with Crippen LogP contribution < -0.4 is 19.5 Å². The molecule has 0 unspecified atom stereocenters. The molecular formula is C26H20F3N3O6S. The largest absolute Gasteiger partial charge is 0.496 e. The van der Waals surface area contributed by atoms with Crippen molar-refractivity contribution in [2.75, 3.05) is 19.0 Å². The molecule has 2 amide bonds. The van der Waals surface area contributed by atoms with Gasteiger partial charge in [0.1, 0.15) is 11.5 Å². The van der Waals surface area contributed by atoms with Gasteiger partial charge in [-0.25, -0.2) is 13.1 Å². The molecule has 0 saturated carbocycles. The molecule has 0 spiro atoms. The van der Waals surface area contributed by atoms with E-state index in [1.807, 2.05) is 4.72 Å². The number of ether oxygens (including phenoxy) is 2. The summed E-state index contributed by atoms with van der Waals surface area (Å²) in [6, 6.07) is 15.9. The van der Waals surface area contributed by atoms with Crippen molar-refractivity contribution in [1.29, 1.82) is 0 Å². The number of methoxy groups -OCH3 is 1. The van der Waals surface area contributed by atoms with Gasteiger partial charge in [-0.15, -0.1) is 0 Å². The highest BCUT2D eigenvalue weighted by molar-refractivity contribution is 7.90. The SMILES string of the molecule is COc1ccccc1C(=O)NS(=O)(=O)c1ccc(NC(=O)COc2ccnc3c(C(F)(F)F)cccc23)cc1. The molecule has 3 aromatic carbocycles. The second-order valence-corrected chi connectivity index (χ2v) is 9.69. The number of sulfonamides is 1. The van der Waals surface area contributed by atoms with Gasteiger partial charge in [-0.1, -0.05) is 18.2 Å². The number of carbonyl (C=O) groups is 2. The first kappa shape index (κ1) is 27.4. The second kappa shape index (κ2) is 11.0. The van der Waals surface area contributed by atoms with Crippen molar-refractivity contribution in [3.63, 3.8) is 0 Å². The minimum atomic E-state index is -4.61. The summed E-state index contributed by atoms with van der Waals surface area (Å²) in [5, 5.41) is 2.59. The van der Waals surface area contributed by atoms with Crippen LogP contribution in [0.3, 0.4) is 0 Å². The number of hydrogen-bond acceptors (Lipinski definition) is 7. The summed E-state index contributed by atoms with van der Waals surface area (Å²) in [6.45, 7) is -0.537. The third-order valence-electron chi connectivity index (χ3n) is 5.42. The molecule has 39 heavy (non-hydrogen) atoms. The van der Waals surface area contributed by atoms with Crippen LogP contribution in [0.25, 0.3) is 10.9 Å². The van der Waals surface area contributed by atoms with Crippen LogP contribution in [0.15, 0.2) is 83.9 Å². The fourth-order valence-electron chi connectivity index (χ4n) is 3.63. The Morgan fingerprint density at radius 3 is 2.33 bits per heavy atom. The highest BCUT2D eigenvalue weighted by Gasteiger charge is 2.33. The number of carbonyl (C=O) groups excluding carboxylic acids is 2. The highest BCUT2D eigenvalue weighted by Crippen LogP contribution is 2.36. The number of halogens is 3. The number of anilines is 1. The zero-order valence-corrected chi connectivity index (χ0v) is 21.0. The number of pyridine rings is 1. The summed E-state index contributed by atoms with van der Waals surface area (Å²) < 4.78 is 77.6. The van der Waals surface area contributed by atoms with Crippen LogP contribution >= 0.6 is 0 Å². The number of nitrogens with zero attached hydrogens (tertiary/aromatic N) is 1. The van der Waals surface area contributed by atoms with E-state index in [1.165, 1.54) is 61.7 Å². The third kappa shape index (κ3) is 6.26. The molecule has 0 radical (unpaired) electrons. The van der Waals surface area contributed by atoms with Crippen LogP contribution in [0.5, 0.6) is 11.5 Å². The molecular weight excluding hydrogens is 539 g/mol. The van der Waals surface area contributed by atoms with Gasteiger partial charge in [0.25, 0.3) is 21.8 Å². The van der Waals surface area contributed by atoms with Gasteiger partial charge in [0.15, 0.2) is 6.61 Å². The van der Waals surface area contributed by atoms with E-state index in [9.17, 15) is 31.2 Å². The number of aromatic nitrogens is 1. The zero-order valence-electron chi connectivity index (χ0n) is 20.2. The van der Waals surface area contributed by atoms with E-state index in [2.05, 4.69) is 10.3 Å². The van der Waals surface area contributed by atoms with Gasteiger partial charge in [0, 0.05) is 17.3 Å². The van der Waals surface area contributed by atoms with Gasteiger partial charge >= 0.3 is 6.18 Å². The normalized spacial score (nSPS) is 11.6. The molecule has 0 fully saturated rings. The van der Waals surface area contributed by atoms with Crippen LogP contribution in [0.1, 0.15) is 15.9 Å². The smallest absolute Gasteiger partial charge is 0.418 e. The van der Waals surface area contributed by atoms with Crippen molar-refractivity contribution in [1.82, 2.24) is 9.71 Å². The summed E-state index contributed by atoms with van der Waals surface area (Å²) in [6.07, 6.45) is -3.46. The van der Waals surface area contributed by atoms with E-state index in [-0.39, 0.29) is 38.5 Å². The van der Waals surface area contributed by atoms with E-state index in [4.69, 9.17) is 9.47 Å². The molecule has 1 heterocycles. The lowest BCUT2D eigenvalue weighted by atomic mass is 10.1. The summed E-state index contributed by atoms with van der Waals surface area (Å²) in [7, 11) is -2.89. The molecule has 0 saturated heterocycles. The summed E-state index contributed by atoms with van der Waals surface area (Å²) in [5.74, 6) is -1.29. The van der Waals surface area contributed by atoms with Crippen molar-refractivity contribution < 1.29 is 40.7 Å². The highest BCUT2D eigenvalue weighted by atomic mass is 32.2. The average Bonchev–Trinajstić information content (AvgIpc) is 2.91. The minimum Gasteiger partial charge on any atom is -0.496 e. The first-order valence-electron chi connectivity index (χ1n) is 11.2. The van der Waals surface area contributed by atoms with Crippen LogP contribution in [0.2, 0.25) is 0 Å². The number of amides is 2. The first-order valence-corrected chi connectivity index (χ1v) is 12.7. The van der Waals surface area contributed by atoms with Crippen molar-refractivity contribution in [3.8, 4) is 11.5 Å². The standard InChI is InChI=1S/C26H20F3N3O6S/c1-37-21-8-3-2-5-19(21)25(34)32-39(35,36)17-11-9-16(10-12-17)31-23(33)15-38-22-13-14-30-24-18(22)6-4-7-20(24)26(27,28)29/h2-14H,15H2,1H3,(H,31,33)(H,32,34). The lowest BCUT2D eigenvalue weighted by Crippen LogP contribution is -2.30. The van der Waals surface area contributed by atoms with Crippen molar-refractivity contribution in [2.45, 2.75) is 11.1 Å². The van der Waals surface area contributed by atoms with E-state index >= 15 is 0 Å². The maximum Gasteiger partial charge on any atom is 0.418 e. The molecule has 0 bridgehead atoms. The number of rotatable bonds is 8. The Bertz CT molecular complexity index is 1640. The number of benzene rings is 3. The molecule has 2 N–H and O–H groups in total. The fraction of sp³-hybridized carbons (Fsp3) is 0.115. The number of nitrogens with one attached hydrogen (secondary N) is 2. The second-order valence-electron chi connectivity index (χ2n) is 8.00. The Hall–Kier alpha value is -4.65. The van der Waals surface area contributed by atoms with Crippen LogP contribution in [0, 0.1) is 0 Å². The molecule has 0 aliphatic carbocycles. The Morgan fingerprint density at radius 2 is 1.64 bits per heavy atom. The molecule has 0 aliphatic rings. The Balaban J connectivity index is 1.40. The molecule has 202 valence electrons. The first-order chi connectivity index (χ1) is 18.5. The molecule has 0 atom stereocenters. The molecule has 9 nitrogen and oxygen atoms in total. The van der Waals surface area contributed by atoms with E-state index in [0.717, 1.165) is 12.3 Å². The predicted molar refractivity (Wildman–Crippen MR) is 135 cm³/mol. The fourth-order valence-corrected chi connectivity index (χ4v) is 4.60. The third-order valence-corrected chi connectivity index (χ3v) is 6.77.